The van der Waals surface area contributed by atoms with E-state index in [1.165, 1.54) is 47.8 Å². The minimum absolute atomic E-state index is 0.127. The topological polar surface area (TPSA) is 152 Å². The summed E-state index contributed by atoms with van der Waals surface area (Å²) in [6.07, 6.45) is 1.95. The van der Waals surface area contributed by atoms with E-state index < -0.39 is 5.97 Å². The second-order valence-electron chi connectivity index (χ2n) is 9.17. The van der Waals surface area contributed by atoms with Crippen LogP contribution in [0.15, 0.2) is 53.6 Å². The van der Waals surface area contributed by atoms with E-state index in [1.807, 2.05) is 0 Å². The zero-order chi connectivity index (χ0) is 32.8. The van der Waals surface area contributed by atoms with Crippen LogP contribution in [0.5, 0.6) is 40.2 Å². The quantitative estimate of drug-likeness (QED) is 0.0787. The first-order valence-corrected chi connectivity index (χ1v) is 13.9. The van der Waals surface area contributed by atoms with Gasteiger partial charge in [0.1, 0.15) is 0 Å². The molecule has 0 aromatic heterocycles. The number of amides is 2. The number of hydrogen-bond acceptors (Lipinski definition) is 11. The molecule has 13 heteroatoms. The molecule has 0 saturated carbocycles. The number of nitrogens with zero attached hydrogens (tertiary/aromatic N) is 1. The highest BCUT2D eigenvalue weighted by Gasteiger charge is 2.18. The fraction of sp³-hybridized carbons (Fsp3) is 0.312. The van der Waals surface area contributed by atoms with Crippen LogP contribution in [0.2, 0.25) is 0 Å². The van der Waals surface area contributed by atoms with Crippen LogP contribution >= 0.6 is 0 Å². The highest BCUT2D eigenvalue weighted by molar-refractivity contribution is 5.95. The summed E-state index contributed by atoms with van der Waals surface area (Å²) in [4.78, 5) is 37.6. The molecule has 0 heterocycles. The Morgan fingerprint density at radius 2 is 1.38 bits per heavy atom. The Bertz CT molecular complexity index is 1500. The number of ether oxygens (including phenoxy) is 7. The maximum absolute atomic E-state index is 12.8. The molecule has 0 aliphatic heterocycles. The van der Waals surface area contributed by atoms with Gasteiger partial charge in [-0.3, -0.25) is 9.59 Å². The Morgan fingerprint density at radius 1 is 0.733 bits per heavy atom. The number of esters is 1. The number of carbonyl (C=O) groups excluding carboxylic acids is 3. The molecule has 2 amide bonds. The van der Waals surface area contributed by atoms with Crippen molar-refractivity contribution in [2.75, 3.05) is 48.7 Å². The molecule has 0 atom stereocenters. The van der Waals surface area contributed by atoms with Crippen LogP contribution in [-0.2, 0) is 4.79 Å². The summed E-state index contributed by atoms with van der Waals surface area (Å²) in [7, 11) is 7.39. The lowest BCUT2D eigenvalue weighted by Gasteiger charge is -2.14. The molecule has 0 unspecified atom stereocenters. The second kappa shape index (κ2) is 17.0. The summed E-state index contributed by atoms with van der Waals surface area (Å²) in [5.74, 6) is 1.23. The SMILES string of the molecule is CCOc1cc(C=NNC(=O)CCCNC(=O)c2cc(OC)c(OC)c(OC)c2)ccc1OC(=O)c1ccc(OC)c(OC)c1. The Balaban J connectivity index is 1.52. The van der Waals surface area contributed by atoms with E-state index in [1.54, 1.807) is 49.4 Å². The lowest BCUT2D eigenvalue weighted by molar-refractivity contribution is -0.121. The smallest absolute Gasteiger partial charge is 0.343 e. The van der Waals surface area contributed by atoms with Gasteiger partial charge in [-0.05, 0) is 67.4 Å². The third-order valence-corrected chi connectivity index (χ3v) is 6.29. The van der Waals surface area contributed by atoms with E-state index in [2.05, 4.69) is 15.8 Å². The average molecular weight is 624 g/mol. The number of carbonyl (C=O) groups is 3. The van der Waals surface area contributed by atoms with Gasteiger partial charge in [-0.15, -0.1) is 0 Å². The molecule has 0 radical (unpaired) electrons. The molecule has 0 fully saturated rings. The van der Waals surface area contributed by atoms with Crippen LogP contribution in [-0.4, -0.2) is 72.7 Å². The molecule has 3 aromatic carbocycles. The van der Waals surface area contributed by atoms with E-state index >= 15 is 0 Å². The van der Waals surface area contributed by atoms with Gasteiger partial charge in [0.2, 0.25) is 11.7 Å². The molecule has 13 nitrogen and oxygen atoms in total. The first-order valence-electron chi connectivity index (χ1n) is 13.9. The normalized spacial score (nSPS) is 10.5. The standard InChI is InChI=1S/C32H37N3O10/c1-7-44-26-15-20(10-12-24(26)45-32(38)21-11-13-23(39-2)25(16-21)40-3)19-34-35-29(36)9-8-14-33-31(37)22-17-27(41-4)30(43-6)28(18-22)42-5/h10-13,15-19H,7-9,14H2,1-6H3,(H,33,37)(H,35,36). The fourth-order valence-corrected chi connectivity index (χ4v) is 4.08. The molecule has 0 spiro atoms. The second-order valence-corrected chi connectivity index (χ2v) is 9.17. The Hall–Kier alpha value is -5.46. The van der Waals surface area contributed by atoms with E-state index in [0.29, 0.717) is 58.7 Å². The van der Waals surface area contributed by atoms with Crippen LogP contribution in [0.1, 0.15) is 46.0 Å². The number of hydrazone groups is 1. The molecule has 3 rings (SSSR count). The van der Waals surface area contributed by atoms with Crippen molar-refractivity contribution >= 4 is 24.0 Å². The minimum atomic E-state index is -0.606. The summed E-state index contributed by atoms with van der Waals surface area (Å²) in [5, 5.41) is 6.76. The molecule has 45 heavy (non-hydrogen) atoms. The summed E-state index contributed by atoms with van der Waals surface area (Å²) in [6, 6.07) is 12.7. The van der Waals surface area contributed by atoms with Crippen molar-refractivity contribution in [3.8, 4) is 40.2 Å². The fourth-order valence-electron chi connectivity index (χ4n) is 4.08. The molecule has 3 aromatic rings. The van der Waals surface area contributed by atoms with E-state index in [9.17, 15) is 14.4 Å². The van der Waals surface area contributed by atoms with Gasteiger partial charge in [0, 0.05) is 18.5 Å². The van der Waals surface area contributed by atoms with Crippen molar-refractivity contribution in [2.24, 2.45) is 5.10 Å². The van der Waals surface area contributed by atoms with E-state index in [4.69, 9.17) is 33.2 Å². The van der Waals surface area contributed by atoms with Gasteiger partial charge in [-0.25, -0.2) is 10.2 Å². The first-order chi connectivity index (χ1) is 21.8. The van der Waals surface area contributed by atoms with E-state index in [-0.39, 0.29) is 36.1 Å². The molecule has 0 aliphatic rings. The Morgan fingerprint density at radius 3 is 2.00 bits per heavy atom. The Labute approximate surface area is 261 Å². The van der Waals surface area contributed by atoms with Gasteiger partial charge in [0.15, 0.2) is 34.5 Å². The number of rotatable bonds is 16. The molecule has 0 aliphatic carbocycles. The molecule has 0 saturated heterocycles. The third kappa shape index (κ3) is 9.26. The van der Waals surface area contributed by atoms with Crippen LogP contribution in [0.25, 0.3) is 0 Å². The third-order valence-electron chi connectivity index (χ3n) is 6.29. The predicted octanol–water partition coefficient (Wildman–Crippen LogP) is 4.01. The molecule has 2 N–H and O–H groups in total. The number of hydrogen-bond donors (Lipinski definition) is 2. The molecule has 0 bridgehead atoms. The first kappa shape index (κ1) is 34.0. The zero-order valence-electron chi connectivity index (χ0n) is 26.1. The average Bonchev–Trinajstić information content (AvgIpc) is 3.06. The van der Waals surface area contributed by atoms with Crippen LogP contribution in [0.3, 0.4) is 0 Å². The Kier molecular flexibility index (Phi) is 12.9. The maximum Gasteiger partial charge on any atom is 0.343 e. The van der Waals surface area contributed by atoms with Crippen LogP contribution in [0, 0.1) is 0 Å². The summed E-state index contributed by atoms with van der Waals surface area (Å²) < 4.78 is 37.5. The van der Waals surface area contributed by atoms with Crippen molar-refractivity contribution in [2.45, 2.75) is 19.8 Å². The lowest BCUT2D eigenvalue weighted by Crippen LogP contribution is -2.26. The largest absolute Gasteiger partial charge is 0.493 e. The van der Waals surface area contributed by atoms with Gasteiger partial charge in [-0.2, -0.15) is 5.10 Å². The highest BCUT2D eigenvalue weighted by atomic mass is 16.6. The number of benzene rings is 3. The van der Waals surface area contributed by atoms with Crippen molar-refractivity contribution in [3.05, 3.63) is 65.2 Å². The van der Waals surface area contributed by atoms with Gasteiger partial charge >= 0.3 is 5.97 Å². The van der Waals surface area contributed by atoms with Crippen molar-refractivity contribution < 1.29 is 47.5 Å². The van der Waals surface area contributed by atoms with Gasteiger partial charge < -0.3 is 38.5 Å². The summed E-state index contributed by atoms with van der Waals surface area (Å²) in [5.41, 5.74) is 3.65. The van der Waals surface area contributed by atoms with Gasteiger partial charge in [-0.1, -0.05) is 0 Å². The number of nitrogens with one attached hydrogen (secondary N) is 2. The predicted molar refractivity (Wildman–Crippen MR) is 166 cm³/mol. The minimum Gasteiger partial charge on any atom is -0.493 e. The van der Waals surface area contributed by atoms with E-state index in [0.717, 1.165) is 0 Å². The van der Waals surface area contributed by atoms with Crippen LogP contribution in [0.4, 0.5) is 0 Å². The van der Waals surface area contributed by atoms with Gasteiger partial charge in [0.25, 0.3) is 5.91 Å². The van der Waals surface area contributed by atoms with Crippen molar-refractivity contribution in [1.29, 1.82) is 0 Å². The summed E-state index contributed by atoms with van der Waals surface area (Å²) in [6.45, 7) is 2.39. The maximum atomic E-state index is 12.8. The lowest BCUT2D eigenvalue weighted by atomic mass is 10.1. The monoisotopic (exact) mass is 623 g/mol. The molecular weight excluding hydrogens is 586 g/mol. The zero-order valence-corrected chi connectivity index (χ0v) is 26.1. The highest BCUT2D eigenvalue weighted by Crippen LogP contribution is 2.38. The van der Waals surface area contributed by atoms with Crippen LogP contribution < -0.4 is 43.9 Å². The molecular formula is C32H37N3O10. The summed E-state index contributed by atoms with van der Waals surface area (Å²) >= 11 is 0. The van der Waals surface area contributed by atoms with Crippen molar-refractivity contribution in [1.82, 2.24) is 10.7 Å². The van der Waals surface area contributed by atoms with Crippen molar-refractivity contribution in [3.63, 3.8) is 0 Å². The number of methoxy groups -OCH3 is 5. The van der Waals surface area contributed by atoms with Gasteiger partial charge in [0.05, 0.1) is 53.9 Å². The molecule has 240 valence electrons.